The number of piperidine rings is 1. The SMILES string of the molecule is CC(=O)N1CCC(C(=O)NC2CC3C(=O)Nc4ccccc4N3C2)CC1. The standard InChI is InChI=1S/C19H24N4O3/c1-12(24)22-8-6-13(7-9-22)18(25)20-14-10-17-19(26)21-15-4-2-3-5-16(15)23(17)11-14/h2-5,13-14,17H,6-11H2,1H3,(H,20,25)(H,21,26). The lowest BCUT2D eigenvalue weighted by molar-refractivity contribution is -0.134. The highest BCUT2D eigenvalue weighted by Gasteiger charge is 2.41. The number of hydrogen-bond donors (Lipinski definition) is 2. The molecule has 0 aliphatic carbocycles. The molecule has 3 aliphatic rings. The third-order valence-corrected chi connectivity index (χ3v) is 5.73. The van der Waals surface area contributed by atoms with E-state index in [1.165, 1.54) is 0 Å². The second-order valence-corrected chi connectivity index (χ2v) is 7.40. The summed E-state index contributed by atoms with van der Waals surface area (Å²) in [6.07, 6.45) is 2.03. The lowest BCUT2D eigenvalue weighted by Crippen LogP contribution is -2.45. The van der Waals surface area contributed by atoms with Gasteiger partial charge in [-0.25, -0.2) is 0 Å². The van der Waals surface area contributed by atoms with E-state index in [-0.39, 0.29) is 35.7 Å². The predicted molar refractivity (Wildman–Crippen MR) is 97.7 cm³/mol. The van der Waals surface area contributed by atoms with Crippen molar-refractivity contribution in [1.82, 2.24) is 10.2 Å². The number of carbonyl (C=O) groups excluding carboxylic acids is 3. The van der Waals surface area contributed by atoms with Crippen molar-refractivity contribution >= 4 is 29.1 Å². The normalized spacial score (nSPS) is 25.3. The zero-order valence-electron chi connectivity index (χ0n) is 14.9. The van der Waals surface area contributed by atoms with E-state index < -0.39 is 0 Å². The minimum atomic E-state index is -0.227. The van der Waals surface area contributed by atoms with E-state index in [2.05, 4.69) is 15.5 Å². The van der Waals surface area contributed by atoms with Crippen LogP contribution >= 0.6 is 0 Å². The number of para-hydroxylation sites is 2. The summed E-state index contributed by atoms with van der Waals surface area (Å²) in [5.74, 6) is 0.0625. The second-order valence-electron chi connectivity index (χ2n) is 7.40. The molecule has 7 heteroatoms. The van der Waals surface area contributed by atoms with Crippen LogP contribution in [-0.2, 0) is 14.4 Å². The van der Waals surface area contributed by atoms with Gasteiger partial charge in [-0.05, 0) is 31.4 Å². The first-order chi connectivity index (χ1) is 12.5. The van der Waals surface area contributed by atoms with Gasteiger partial charge in [0.25, 0.3) is 0 Å². The van der Waals surface area contributed by atoms with Crippen LogP contribution in [0.4, 0.5) is 11.4 Å². The molecule has 0 radical (unpaired) electrons. The number of amides is 3. The molecule has 138 valence electrons. The predicted octanol–water partition coefficient (Wildman–Crippen LogP) is 0.961. The number of nitrogens with one attached hydrogen (secondary N) is 2. The minimum absolute atomic E-state index is 0.00443. The number of hydrogen-bond acceptors (Lipinski definition) is 4. The third-order valence-electron chi connectivity index (χ3n) is 5.73. The van der Waals surface area contributed by atoms with Crippen LogP contribution in [-0.4, -0.2) is 54.3 Å². The maximum atomic E-state index is 12.6. The van der Waals surface area contributed by atoms with Gasteiger partial charge >= 0.3 is 0 Å². The molecule has 3 aliphatic heterocycles. The van der Waals surface area contributed by atoms with Crippen LogP contribution < -0.4 is 15.5 Å². The van der Waals surface area contributed by atoms with Gasteiger partial charge in [0, 0.05) is 38.5 Å². The Morgan fingerprint density at radius 2 is 1.92 bits per heavy atom. The van der Waals surface area contributed by atoms with Crippen LogP contribution in [0.2, 0.25) is 0 Å². The van der Waals surface area contributed by atoms with Crippen molar-refractivity contribution in [3.05, 3.63) is 24.3 Å². The minimum Gasteiger partial charge on any atom is -0.356 e. The van der Waals surface area contributed by atoms with Gasteiger partial charge in [-0.3, -0.25) is 14.4 Å². The Hall–Kier alpha value is -2.57. The molecule has 2 saturated heterocycles. The number of likely N-dealkylation sites (tertiary alicyclic amines) is 1. The Kier molecular flexibility index (Phi) is 4.30. The van der Waals surface area contributed by atoms with E-state index in [9.17, 15) is 14.4 Å². The van der Waals surface area contributed by atoms with Gasteiger partial charge < -0.3 is 20.4 Å². The third kappa shape index (κ3) is 3.02. The van der Waals surface area contributed by atoms with Gasteiger partial charge in [-0.15, -0.1) is 0 Å². The molecule has 1 aromatic rings. The number of rotatable bonds is 2. The average molecular weight is 356 g/mol. The highest BCUT2D eigenvalue weighted by molar-refractivity contribution is 6.04. The molecule has 1 aromatic carbocycles. The maximum absolute atomic E-state index is 12.6. The molecule has 4 rings (SSSR count). The zero-order chi connectivity index (χ0) is 18.3. The summed E-state index contributed by atoms with van der Waals surface area (Å²) < 4.78 is 0. The van der Waals surface area contributed by atoms with E-state index >= 15 is 0 Å². The van der Waals surface area contributed by atoms with Gasteiger partial charge in [-0.2, -0.15) is 0 Å². The van der Waals surface area contributed by atoms with E-state index in [1.807, 2.05) is 24.3 Å². The van der Waals surface area contributed by atoms with E-state index in [0.717, 1.165) is 11.4 Å². The van der Waals surface area contributed by atoms with Crippen LogP contribution in [0.1, 0.15) is 26.2 Å². The van der Waals surface area contributed by atoms with Crippen LogP contribution in [0.25, 0.3) is 0 Å². The second kappa shape index (κ2) is 6.63. The van der Waals surface area contributed by atoms with E-state index in [4.69, 9.17) is 0 Å². The van der Waals surface area contributed by atoms with Gasteiger partial charge in [0.05, 0.1) is 11.4 Å². The highest BCUT2D eigenvalue weighted by Crippen LogP contribution is 2.36. The molecule has 0 aromatic heterocycles. The molecule has 2 atom stereocenters. The molecule has 3 amide bonds. The van der Waals surface area contributed by atoms with Crippen LogP contribution in [0.5, 0.6) is 0 Å². The smallest absolute Gasteiger partial charge is 0.247 e. The molecule has 0 saturated carbocycles. The molecule has 2 unspecified atom stereocenters. The largest absolute Gasteiger partial charge is 0.356 e. The molecule has 26 heavy (non-hydrogen) atoms. The van der Waals surface area contributed by atoms with Gasteiger partial charge in [-0.1, -0.05) is 12.1 Å². The number of nitrogens with zero attached hydrogens (tertiary/aromatic N) is 2. The molecule has 3 heterocycles. The maximum Gasteiger partial charge on any atom is 0.247 e. The molecule has 0 bridgehead atoms. The molecule has 2 N–H and O–H groups in total. The highest BCUT2D eigenvalue weighted by atomic mass is 16.2. The van der Waals surface area contributed by atoms with Crippen molar-refractivity contribution in [2.24, 2.45) is 5.92 Å². The number of anilines is 2. The van der Waals surface area contributed by atoms with E-state index in [0.29, 0.717) is 38.9 Å². The number of fused-ring (bicyclic) bond motifs is 3. The summed E-state index contributed by atoms with van der Waals surface area (Å²) in [7, 11) is 0. The van der Waals surface area contributed by atoms with Crippen molar-refractivity contribution in [3.8, 4) is 0 Å². The van der Waals surface area contributed by atoms with Crippen LogP contribution in [0.3, 0.4) is 0 Å². The first-order valence-corrected chi connectivity index (χ1v) is 9.25. The van der Waals surface area contributed by atoms with Crippen molar-refractivity contribution in [2.75, 3.05) is 29.9 Å². The van der Waals surface area contributed by atoms with E-state index in [1.54, 1.807) is 11.8 Å². The lowest BCUT2D eigenvalue weighted by Gasteiger charge is -2.32. The Balaban J connectivity index is 1.38. The molecule has 7 nitrogen and oxygen atoms in total. The van der Waals surface area contributed by atoms with Crippen molar-refractivity contribution in [3.63, 3.8) is 0 Å². The van der Waals surface area contributed by atoms with Crippen LogP contribution in [0, 0.1) is 5.92 Å². The quantitative estimate of drug-likeness (QED) is 0.827. The Morgan fingerprint density at radius 1 is 1.19 bits per heavy atom. The first kappa shape index (κ1) is 16.9. The average Bonchev–Trinajstić information content (AvgIpc) is 3.06. The van der Waals surface area contributed by atoms with Crippen LogP contribution in [0.15, 0.2) is 24.3 Å². The monoisotopic (exact) mass is 356 g/mol. The van der Waals surface area contributed by atoms with Crippen molar-refractivity contribution in [2.45, 2.75) is 38.3 Å². The van der Waals surface area contributed by atoms with Crippen molar-refractivity contribution in [1.29, 1.82) is 0 Å². The van der Waals surface area contributed by atoms with Gasteiger partial charge in [0.2, 0.25) is 17.7 Å². The molecular formula is C19H24N4O3. The molecular weight excluding hydrogens is 332 g/mol. The zero-order valence-corrected chi connectivity index (χ0v) is 14.9. The molecule has 0 spiro atoms. The fourth-order valence-corrected chi connectivity index (χ4v) is 4.28. The number of carbonyl (C=O) groups is 3. The van der Waals surface area contributed by atoms with Crippen molar-refractivity contribution < 1.29 is 14.4 Å². The van der Waals surface area contributed by atoms with Gasteiger partial charge in [0.15, 0.2) is 0 Å². The lowest BCUT2D eigenvalue weighted by atomic mass is 9.95. The Labute approximate surface area is 152 Å². The summed E-state index contributed by atoms with van der Waals surface area (Å²) in [4.78, 5) is 40.3. The topological polar surface area (TPSA) is 81.8 Å². The summed E-state index contributed by atoms with van der Waals surface area (Å²) in [6.45, 7) is 3.50. The summed E-state index contributed by atoms with van der Waals surface area (Å²) in [6, 6.07) is 7.51. The Morgan fingerprint density at radius 3 is 2.65 bits per heavy atom. The fourth-order valence-electron chi connectivity index (χ4n) is 4.28. The summed E-state index contributed by atoms with van der Waals surface area (Å²) in [5.41, 5.74) is 1.85. The number of benzene rings is 1. The summed E-state index contributed by atoms with van der Waals surface area (Å²) in [5, 5.41) is 6.09. The first-order valence-electron chi connectivity index (χ1n) is 9.25. The summed E-state index contributed by atoms with van der Waals surface area (Å²) >= 11 is 0. The fraction of sp³-hybridized carbons (Fsp3) is 0.526. The Bertz CT molecular complexity index is 742. The van der Waals surface area contributed by atoms with Gasteiger partial charge in [0.1, 0.15) is 6.04 Å². The molecule has 2 fully saturated rings.